The predicted molar refractivity (Wildman–Crippen MR) is 95.2 cm³/mol. The SMILES string of the molecule is Cc1noc(C)c1[C@@H](C)CNC(=O)NC[C@@H](C)N1CCC(C)CC1. The van der Waals surface area contributed by atoms with Crippen molar-refractivity contribution in [2.45, 2.75) is 59.4 Å². The second-order valence-corrected chi connectivity index (χ2v) is 7.30. The molecule has 0 unspecified atom stereocenters. The minimum absolute atomic E-state index is 0.106. The predicted octanol–water partition coefficient (Wildman–Crippen LogP) is 2.81. The van der Waals surface area contributed by atoms with E-state index in [1.54, 1.807) is 0 Å². The molecule has 1 fully saturated rings. The fourth-order valence-corrected chi connectivity index (χ4v) is 3.44. The van der Waals surface area contributed by atoms with Gasteiger partial charge in [0.2, 0.25) is 0 Å². The van der Waals surface area contributed by atoms with Gasteiger partial charge >= 0.3 is 6.03 Å². The first-order valence-corrected chi connectivity index (χ1v) is 9.07. The van der Waals surface area contributed by atoms with Crippen molar-refractivity contribution < 1.29 is 9.32 Å². The van der Waals surface area contributed by atoms with Gasteiger partial charge < -0.3 is 15.2 Å². The van der Waals surface area contributed by atoms with Gasteiger partial charge in [-0.05, 0) is 52.6 Å². The number of nitrogens with one attached hydrogen (secondary N) is 2. The van der Waals surface area contributed by atoms with Gasteiger partial charge in [0.15, 0.2) is 0 Å². The molecule has 136 valence electrons. The molecule has 6 nitrogen and oxygen atoms in total. The van der Waals surface area contributed by atoms with Crippen LogP contribution in [0, 0.1) is 19.8 Å². The first-order valence-electron chi connectivity index (χ1n) is 9.07. The van der Waals surface area contributed by atoms with Gasteiger partial charge in [0.1, 0.15) is 5.76 Å². The van der Waals surface area contributed by atoms with Gasteiger partial charge in [-0.2, -0.15) is 0 Å². The van der Waals surface area contributed by atoms with E-state index in [9.17, 15) is 4.79 Å². The van der Waals surface area contributed by atoms with Gasteiger partial charge in [-0.3, -0.25) is 4.90 Å². The van der Waals surface area contributed by atoms with E-state index in [0.29, 0.717) is 19.1 Å². The number of hydrogen-bond donors (Lipinski definition) is 2. The highest BCUT2D eigenvalue weighted by molar-refractivity contribution is 5.73. The number of urea groups is 1. The van der Waals surface area contributed by atoms with Crippen molar-refractivity contribution in [3.8, 4) is 0 Å². The van der Waals surface area contributed by atoms with Crippen molar-refractivity contribution in [1.29, 1.82) is 0 Å². The molecule has 1 aliphatic rings. The Hall–Kier alpha value is -1.56. The zero-order chi connectivity index (χ0) is 17.7. The van der Waals surface area contributed by atoms with Gasteiger partial charge in [0.05, 0.1) is 5.69 Å². The molecule has 2 rings (SSSR count). The molecule has 1 aromatic rings. The lowest BCUT2D eigenvalue weighted by atomic mass is 9.98. The van der Waals surface area contributed by atoms with Crippen molar-refractivity contribution in [1.82, 2.24) is 20.7 Å². The lowest BCUT2D eigenvalue weighted by Gasteiger charge is -2.35. The number of aromatic nitrogens is 1. The van der Waals surface area contributed by atoms with Crippen LogP contribution in [0.25, 0.3) is 0 Å². The van der Waals surface area contributed by atoms with Gasteiger partial charge in [0, 0.05) is 30.6 Å². The molecule has 0 radical (unpaired) electrons. The van der Waals surface area contributed by atoms with Crippen LogP contribution in [0.15, 0.2) is 4.52 Å². The number of amides is 2. The standard InChI is InChI=1S/C18H32N4O2/c1-12-6-8-22(9-7-12)14(3)11-20-18(23)19-10-13(2)17-15(4)21-24-16(17)5/h12-14H,6-11H2,1-5H3,(H2,19,20,23)/t13-,14+/m0/s1. The zero-order valence-corrected chi connectivity index (χ0v) is 15.7. The maximum atomic E-state index is 12.0. The van der Waals surface area contributed by atoms with Crippen LogP contribution < -0.4 is 10.6 Å². The molecule has 2 amide bonds. The topological polar surface area (TPSA) is 70.4 Å². The van der Waals surface area contributed by atoms with Crippen LogP contribution in [-0.2, 0) is 0 Å². The van der Waals surface area contributed by atoms with E-state index in [1.807, 2.05) is 13.8 Å². The molecule has 24 heavy (non-hydrogen) atoms. The molecule has 0 bridgehead atoms. The van der Waals surface area contributed by atoms with E-state index >= 15 is 0 Å². The molecular weight excluding hydrogens is 304 g/mol. The van der Waals surface area contributed by atoms with Crippen molar-refractivity contribution in [2.24, 2.45) is 5.92 Å². The van der Waals surface area contributed by atoms with Crippen LogP contribution >= 0.6 is 0 Å². The van der Waals surface area contributed by atoms with Crippen LogP contribution in [-0.4, -0.2) is 48.3 Å². The lowest BCUT2D eigenvalue weighted by Crippen LogP contribution is -2.47. The van der Waals surface area contributed by atoms with E-state index in [0.717, 1.165) is 36.0 Å². The Kier molecular flexibility index (Phi) is 6.66. The average molecular weight is 336 g/mol. The van der Waals surface area contributed by atoms with E-state index in [2.05, 4.69) is 41.5 Å². The minimum Gasteiger partial charge on any atom is -0.361 e. The van der Waals surface area contributed by atoms with Crippen molar-refractivity contribution >= 4 is 6.03 Å². The fraction of sp³-hybridized carbons (Fsp3) is 0.778. The summed E-state index contributed by atoms with van der Waals surface area (Å²) >= 11 is 0. The maximum absolute atomic E-state index is 12.0. The Morgan fingerprint density at radius 3 is 2.46 bits per heavy atom. The number of hydrogen-bond acceptors (Lipinski definition) is 4. The number of carbonyl (C=O) groups excluding carboxylic acids is 1. The van der Waals surface area contributed by atoms with Gasteiger partial charge in [-0.1, -0.05) is 19.0 Å². The van der Waals surface area contributed by atoms with E-state index in [1.165, 1.54) is 12.8 Å². The first-order chi connectivity index (χ1) is 11.4. The number of rotatable bonds is 6. The smallest absolute Gasteiger partial charge is 0.314 e. The third-order valence-corrected chi connectivity index (χ3v) is 5.15. The molecule has 0 saturated carbocycles. The lowest BCUT2D eigenvalue weighted by molar-refractivity contribution is 0.145. The summed E-state index contributed by atoms with van der Waals surface area (Å²) in [6.07, 6.45) is 2.51. The van der Waals surface area contributed by atoms with Crippen molar-refractivity contribution in [3.05, 3.63) is 17.0 Å². The fourth-order valence-electron chi connectivity index (χ4n) is 3.44. The molecule has 6 heteroatoms. The number of carbonyl (C=O) groups is 1. The Labute approximate surface area is 145 Å². The van der Waals surface area contributed by atoms with Crippen molar-refractivity contribution in [3.63, 3.8) is 0 Å². The summed E-state index contributed by atoms with van der Waals surface area (Å²) in [4.78, 5) is 14.5. The maximum Gasteiger partial charge on any atom is 0.314 e. The van der Waals surface area contributed by atoms with Gasteiger partial charge in [-0.25, -0.2) is 4.79 Å². The highest BCUT2D eigenvalue weighted by atomic mass is 16.5. The summed E-state index contributed by atoms with van der Waals surface area (Å²) < 4.78 is 5.19. The molecule has 1 saturated heterocycles. The van der Waals surface area contributed by atoms with Crippen LogP contribution in [0.3, 0.4) is 0 Å². The Balaban J connectivity index is 1.70. The number of likely N-dealkylation sites (tertiary alicyclic amines) is 1. The normalized spacial score (nSPS) is 19.0. The van der Waals surface area contributed by atoms with Crippen LogP contribution in [0.1, 0.15) is 56.5 Å². The van der Waals surface area contributed by atoms with E-state index < -0.39 is 0 Å². The average Bonchev–Trinajstić information content (AvgIpc) is 2.89. The molecular formula is C18H32N4O2. The molecule has 2 heterocycles. The summed E-state index contributed by atoms with van der Waals surface area (Å²) in [5.74, 6) is 1.84. The third kappa shape index (κ3) is 4.97. The van der Waals surface area contributed by atoms with Crippen LogP contribution in [0.2, 0.25) is 0 Å². The van der Waals surface area contributed by atoms with E-state index in [-0.39, 0.29) is 11.9 Å². The van der Waals surface area contributed by atoms with Crippen LogP contribution in [0.5, 0.6) is 0 Å². The van der Waals surface area contributed by atoms with E-state index in [4.69, 9.17) is 4.52 Å². The quantitative estimate of drug-likeness (QED) is 0.838. The summed E-state index contributed by atoms with van der Waals surface area (Å²) in [7, 11) is 0. The largest absolute Gasteiger partial charge is 0.361 e. The zero-order valence-electron chi connectivity index (χ0n) is 15.7. The first kappa shape index (κ1) is 18.8. The Morgan fingerprint density at radius 1 is 1.25 bits per heavy atom. The Morgan fingerprint density at radius 2 is 1.88 bits per heavy atom. The molecule has 1 aromatic heterocycles. The molecule has 0 aromatic carbocycles. The monoisotopic (exact) mass is 336 g/mol. The number of piperidine rings is 1. The molecule has 1 aliphatic heterocycles. The molecule has 0 spiro atoms. The summed E-state index contributed by atoms with van der Waals surface area (Å²) in [6, 6.07) is 0.272. The van der Waals surface area contributed by atoms with Gasteiger partial charge in [-0.15, -0.1) is 0 Å². The summed E-state index contributed by atoms with van der Waals surface area (Å²) in [6.45, 7) is 13.9. The minimum atomic E-state index is -0.106. The molecule has 2 N–H and O–H groups in total. The number of nitrogens with zero attached hydrogens (tertiary/aromatic N) is 2. The Bertz CT molecular complexity index is 516. The highest BCUT2D eigenvalue weighted by Crippen LogP contribution is 2.22. The second kappa shape index (κ2) is 8.51. The van der Waals surface area contributed by atoms with Gasteiger partial charge in [0.25, 0.3) is 0 Å². The third-order valence-electron chi connectivity index (χ3n) is 5.15. The molecule has 0 aliphatic carbocycles. The summed E-state index contributed by atoms with van der Waals surface area (Å²) in [5, 5.41) is 9.91. The highest BCUT2D eigenvalue weighted by Gasteiger charge is 2.21. The summed E-state index contributed by atoms with van der Waals surface area (Å²) in [5.41, 5.74) is 1.99. The molecule has 2 atom stereocenters. The van der Waals surface area contributed by atoms with Crippen molar-refractivity contribution in [2.75, 3.05) is 26.2 Å². The van der Waals surface area contributed by atoms with Crippen LogP contribution in [0.4, 0.5) is 4.79 Å². The number of aryl methyl sites for hydroxylation is 2. The second-order valence-electron chi connectivity index (χ2n) is 7.30.